The minimum absolute atomic E-state index is 0.394. The summed E-state index contributed by atoms with van der Waals surface area (Å²) in [7, 11) is 0. The number of rotatable bonds is 4. The van der Waals surface area contributed by atoms with Crippen LogP contribution in [-0.2, 0) is 0 Å². The molecule has 1 saturated heterocycles. The highest BCUT2D eigenvalue weighted by atomic mass is 16.5. The first-order valence-corrected chi connectivity index (χ1v) is 6.14. The second-order valence-electron chi connectivity index (χ2n) is 4.15. The number of hydrogen-bond acceptors (Lipinski definition) is 5. The number of hydrogen-bond donors (Lipinski definition) is 1. The van der Waals surface area contributed by atoms with E-state index in [1.165, 1.54) is 6.42 Å². The van der Waals surface area contributed by atoms with Crippen LogP contribution in [0.1, 0.15) is 38.5 Å². The third-order valence-corrected chi connectivity index (χ3v) is 3.12. The van der Waals surface area contributed by atoms with Gasteiger partial charge in [-0.2, -0.15) is 4.98 Å². The van der Waals surface area contributed by atoms with Crippen molar-refractivity contribution in [2.75, 3.05) is 31.1 Å². The van der Waals surface area contributed by atoms with Crippen LogP contribution in [0.5, 0.6) is 0 Å². The number of piperidine rings is 1. The molecule has 0 saturated carbocycles. The Morgan fingerprint density at radius 2 is 2.25 bits per heavy atom. The van der Waals surface area contributed by atoms with Crippen molar-refractivity contribution in [1.82, 2.24) is 15.5 Å². The van der Waals surface area contributed by atoms with Crippen LogP contribution in [0.25, 0.3) is 0 Å². The van der Waals surface area contributed by atoms with E-state index in [9.17, 15) is 0 Å². The molecule has 1 aliphatic heterocycles. The van der Waals surface area contributed by atoms with Crippen LogP contribution in [0.4, 0.5) is 5.95 Å². The van der Waals surface area contributed by atoms with Gasteiger partial charge in [0.2, 0.25) is 5.89 Å². The zero-order valence-electron chi connectivity index (χ0n) is 10.1. The highest BCUT2D eigenvalue weighted by molar-refractivity contribution is 5.27. The summed E-state index contributed by atoms with van der Waals surface area (Å²) in [5, 5.41) is 7.40. The average Bonchev–Trinajstić information content (AvgIpc) is 2.81. The van der Waals surface area contributed by atoms with E-state index in [2.05, 4.69) is 34.2 Å². The monoisotopic (exact) mass is 224 g/mol. The molecule has 0 bridgehead atoms. The van der Waals surface area contributed by atoms with Crippen LogP contribution >= 0.6 is 0 Å². The van der Waals surface area contributed by atoms with E-state index in [1.807, 2.05) is 0 Å². The molecule has 2 heterocycles. The minimum Gasteiger partial charge on any atom is -0.339 e. The Hall–Kier alpha value is -1.10. The number of aromatic nitrogens is 2. The molecule has 5 heteroatoms. The summed E-state index contributed by atoms with van der Waals surface area (Å²) in [6.07, 6.45) is 2.33. The van der Waals surface area contributed by atoms with Crippen LogP contribution in [0, 0.1) is 0 Å². The standard InChI is InChI=1S/C11H20N4O/c1-3-15(4-2)11-13-10(16-14-11)9-6-5-7-12-8-9/h9,12H,3-8H2,1-2H3. The van der Waals surface area contributed by atoms with E-state index < -0.39 is 0 Å². The molecule has 0 spiro atoms. The quantitative estimate of drug-likeness (QED) is 0.837. The normalized spacial score (nSPS) is 21.0. The first-order chi connectivity index (χ1) is 7.85. The zero-order valence-corrected chi connectivity index (χ0v) is 10.1. The van der Waals surface area contributed by atoms with Crippen molar-refractivity contribution in [3.8, 4) is 0 Å². The van der Waals surface area contributed by atoms with E-state index in [4.69, 9.17) is 4.52 Å². The SMILES string of the molecule is CCN(CC)c1noc(C2CCCNC2)n1. The van der Waals surface area contributed by atoms with Crippen LogP contribution in [0.3, 0.4) is 0 Å². The predicted octanol–water partition coefficient (Wildman–Crippen LogP) is 1.38. The van der Waals surface area contributed by atoms with Gasteiger partial charge in [0, 0.05) is 19.6 Å². The molecule has 2 rings (SSSR count). The van der Waals surface area contributed by atoms with Crippen molar-refractivity contribution in [2.24, 2.45) is 0 Å². The Labute approximate surface area is 96.2 Å². The maximum Gasteiger partial charge on any atom is 0.266 e. The Bertz CT molecular complexity index is 316. The minimum atomic E-state index is 0.394. The van der Waals surface area contributed by atoms with Gasteiger partial charge in [0.15, 0.2) is 0 Å². The molecule has 1 N–H and O–H groups in total. The second-order valence-corrected chi connectivity index (χ2v) is 4.15. The van der Waals surface area contributed by atoms with Crippen molar-refractivity contribution in [2.45, 2.75) is 32.6 Å². The van der Waals surface area contributed by atoms with E-state index in [1.54, 1.807) is 0 Å². The molecule has 1 aromatic rings. The van der Waals surface area contributed by atoms with Gasteiger partial charge < -0.3 is 14.7 Å². The molecule has 1 unspecified atom stereocenters. The zero-order chi connectivity index (χ0) is 11.4. The highest BCUT2D eigenvalue weighted by Crippen LogP contribution is 2.23. The summed E-state index contributed by atoms with van der Waals surface area (Å²) in [5.74, 6) is 1.91. The van der Waals surface area contributed by atoms with Crippen molar-refractivity contribution in [3.63, 3.8) is 0 Å². The molecule has 16 heavy (non-hydrogen) atoms. The smallest absolute Gasteiger partial charge is 0.266 e. The van der Waals surface area contributed by atoms with Crippen LogP contribution in [-0.4, -0.2) is 36.3 Å². The number of nitrogens with zero attached hydrogens (tertiary/aromatic N) is 3. The van der Waals surface area contributed by atoms with Crippen molar-refractivity contribution in [1.29, 1.82) is 0 Å². The molecule has 0 radical (unpaired) electrons. The molecule has 1 atom stereocenters. The average molecular weight is 224 g/mol. The fourth-order valence-electron chi connectivity index (χ4n) is 2.09. The Morgan fingerprint density at radius 1 is 1.44 bits per heavy atom. The van der Waals surface area contributed by atoms with Gasteiger partial charge in [-0.05, 0) is 38.4 Å². The number of nitrogens with one attached hydrogen (secondary N) is 1. The van der Waals surface area contributed by atoms with E-state index in [0.29, 0.717) is 5.92 Å². The van der Waals surface area contributed by atoms with Crippen molar-refractivity contribution >= 4 is 5.95 Å². The van der Waals surface area contributed by atoms with Crippen molar-refractivity contribution < 1.29 is 4.52 Å². The Balaban J connectivity index is 2.05. The summed E-state index contributed by atoms with van der Waals surface area (Å²) in [6.45, 7) is 8.09. The molecular formula is C11H20N4O. The fraction of sp³-hybridized carbons (Fsp3) is 0.818. The van der Waals surface area contributed by atoms with E-state index >= 15 is 0 Å². The lowest BCUT2D eigenvalue weighted by molar-refractivity contribution is 0.322. The molecule has 5 nitrogen and oxygen atoms in total. The summed E-state index contributed by atoms with van der Waals surface area (Å²) < 4.78 is 5.35. The summed E-state index contributed by atoms with van der Waals surface area (Å²) in [6, 6.07) is 0. The Morgan fingerprint density at radius 3 is 2.88 bits per heavy atom. The van der Waals surface area contributed by atoms with E-state index in [-0.39, 0.29) is 0 Å². The molecule has 0 amide bonds. The predicted molar refractivity (Wildman–Crippen MR) is 62.7 cm³/mol. The molecular weight excluding hydrogens is 204 g/mol. The summed E-state index contributed by atoms with van der Waals surface area (Å²) in [4.78, 5) is 6.58. The first-order valence-electron chi connectivity index (χ1n) is 6.14. The van der Waals surface area contributed by atoms with Crippen LogP contribution < -0.4 is 10.2 Å². The van der Waals surface area contributed by atoms with Gasteiger partial charge in [0.25, 0.3) is 5.95 Å². The fourth-order valence-corrected chi connectivity index (χ4v) is 2.09. The lowest BCUT2D eigenvalue weighted by Crippen LogP contribution is -2.28. The van der Waals surface area contributed by atoms with Gasteiger partial charge in [0.1, 0.15) is 0 Å². The third kappa shape index (κ3) is 2.35. The van der Waals surface area contributed by atoms with Gasteiger partial charge in [-0.1, -0.05) is 0 Å². The lowest BCUT2D eigenvalue weighted by atomic mass is 10.00. The van der Waals surface area contributed by atoms with Crippen molar-refractivity contribution in [3.05, 3.63) is 5.89 Å². The third-order valence-electron chi connectivity index (χ3n) is 3.12. The van der Waals surface area contributed by atoms with Gasteiger partial charge in [-0.15, -0.1) is 0 Å². The van der Waals surface area contributed by atoms with Crippen LogP contribution in [0.15, 0.2) is 4.52 Å². The van der Waals surface area contributed by atoms with Gasteiger partial charge >= 0.3 is 0 Å². The maximum atomic E-state index is 5.35. The van der Waals surface area contributed by atoms with Gasteiger partial charge in [-0.3, -0.25) is 0 Å². The Kier molecular flexibility index (Phi) is 3.77. The summed E-state index contributed by atoms with van der Waals surface area (Å²) in [5.41, 5.74) is 0. The maximum absolute atomic E-state index is 5.35. The lowest BCUT2D eigenvalue weighted by Gasteiger charge is -2.19. The molecule has 1 aliphatic rings. The molecule has 90 valence electrons. The largest absolute Gasteiger partial charge is 0.339 e. The second kappa shape index (κ2) is 5.30. The van der Waals surface area contributed by atoms with Gasteiger partial charge in [0.05, 0.1) is 5.92 Å². The van der Waals surface area contributed by atoms with Crippen LogP contribution in [0.2, 0.25) is 0 Å². The number of anilines is 1. The topological polar surface area (TPSA) is 54.2 Å². The molecule has 0 aliphatic carbocycles. The summed E-state index contributed by atoms with van der Waals surface area (Å²) >= 11 is 0. The highest BCUT2D eigenvalue weighted by Gasteiger charge is 2.22. The molecule has 1 fully saturated rings. The van der Waals surface area contributed by atoms with Gasteiger partial charge in [-0.25, -0.2) is 0 Å². The first kappa shape index (κ1) is 11.4. The molecule has 0 aromatic carbocycles. The molecule has 1 aromatic heterocycles. The van der Waals surface area contributed by atoms with E-state index in [0.717, 1.165) is 44.4 Å².